The van der Waals surface area contributed by atoms with E-state index in [0.29, 0.717) is 37.8 Å². The molecule has 150 valence electrons. The topological polar surface area (TPSA) is 60.3 Å². The van der Waals surface area contributed by atoms with Gasteiger partial charge in [0.15, 0.2) is 11.5 Å². The second kappa shape index (κ2) is 7.91. The zero-order valence-corrected chi connectivity index (χ0v) is 17.3. The highest BCUT2D eigenvalue weighted by Gasteiger charge is 2.33. The van der Waals surface area contributed by atoms with Crippen LogP contribution in [-0.2, 0) is 10.0 Å². The number of halogens is 1. The Kier molecular flexibility index (Phi) is 5.51. The van der Waals surface area contributed by atoms with E-state index >= 15 is 0 Å². The van der Waals surface area contributed by atoms with Crippen LogP contribution in [0.2, 0.25) is 5.02 Å². The van der Waals surface area contributed by atoms with Gasteiger partial charge in [-0.3, -0.25) is 0 Å². The monoisotopic (exact) mass is 423 g/mol. The summed E-state index contributed by atoms with van der Waals surface area (Å²) in [5.41, 5.74) is 1.10. The third kappa shape index (κ3) is 3.72. The lowest BCUT2D eigenvalue weighted by molar-refractivity contribution is -0.933. The van der Waals surface area contributed by atoms with Crippen LogP contribution in [0.4, 0.5) is 0 Å². The molecule has 4 rings (SSSR count). The molecule has 0 unspecified atom stereocenters. The molecule has 2 aliphatic rings. The van der Waals surface area contributed by atoms with Crippen LogP contribution in [-0.4, -0.2) is 52.1 Å². The van der Waals surface area contributed by atoms with E-state index in [1.165, 1.54) is 4.90 Å². The van der Waals surface area contributed by atoms with Gasteiger partial charge in [-0.05, 0) is 25.1 Å². The van der Waals surface area contributed by atoms with Crippen LogP contribution < -0.4 is 14.4 Å². The lowest BCUT2D eigenvalue weighted by atomic mass is 10.1. The van der Waals surface area contributed by atoms with Gasteiger partial charge in [-0.1, -0.05) is 29.8 Å². The van der Waals surface area contributed by atoms with Crippen molar-refractivity contribution in [1.29, 1.82) is 0 Å². The van der Waals surface area contributed by atoms with Crippen molar-refractivity contribution in [2.45, 2.75) is 17.9 Å². The van der Waals surface area contributed by atoms with Gasteiger partial charge in [0, 0.05) is 16.7 Å². The Labute approximate surface area is 170 Å². The number of nitrogens with zero attached hydrogens (tertiary/aromatic N) is 1. The molecular weight excluding hydrogens is 400 g/mol. The molecule has 2 heterocycles. The van der Waals surface area contributed by atoms with E-state index in [-0.39, 0.29) is 10.9 Å². The first-order chi connectivity index (χ1) is 13.5. The van der Waals surface area contributed by atoms with Crippen LogP contribution in [0.15, 0.2) is 47.4 Å². The Morgan fingerprint density at radius 3 is 2.43 bits per heavy atom. The second-order valence-corrected chi connectivity index (χ2v) is 9.46. The fourth-order valence-corrected chi connectivity index (χ4v) is 5.58. The Morgan fingerprint density at radius 2 is 1.71 bits per heavy atom. The molecule has 1 saturated heterocycles. The minimum absolute atomic E-state index is 0.216. The van der Waals surface area contributed by atoms with Gasteiger partial charge in [-0.25, -0.2) is 8.42 Å². The summed E-state index contributed by atoms with van der Waals surface area (Å²) in [6, 6.07) is 12.9. The van der Waals surface area contributed by atoms with Gasteiger partial charge in [0.05, 0.1) is 31.1 Å². The van der Waals surface area contributed by atoms with E-state index < -0.39 is 10.0 Å². The van der Waals surface area contributed by atoms with E-state index in [1.54, 1.807) is 22.5 Å². The maximum absolute atomic E-state index is 13.1. The van der Waals surface area contributed by atoms with Crippen molar-refractivity contribution in [1.82, 2.24) is 4.31 Å². The third-order valence-corrected chi connectivity index (χ3v) is 7.74. The molecule has 0 aromatic heterocycles. The molecule has 1 atom stereocenters. The van der Waals surface area contributed by atoms with Crippen LogP contribution in [0.1, 0.15) is 18.5 Å². The minimum atomic E-state index is -3.56. The molecule has 1 N–H and O–H groups in total. The molecule has 2 aromatic rings. The van der Waals surface area contributed by atoms with Crippen molar-refractivity contribution in [3.63, 3.8) is 0 Å². The summed E-state index contributed by atoms with van der Waals surface area (Å²) < 4.78 is 38.7. The van der Waals surface area contributed by atoms with Crippen LogP contribution in [0, 0.1) is 0 Å². The fourth-order valence-electron chi connectivity index (χ4n) is 3.83. The summed E-state index contributed by atoms with van der Waals surface area (Å²) >= 11 is 6.34. The molecule has 8 heteroatoms. The fraction of sp³-hybridized carbons (Fsp3) is 0.400. The van der Waals surface area contributed by atoms with Crippen molar-refractivity contribution in [2.75, 3.05) is 39.4 Å². The SMILES string of the molecule is C[C@@H](c1ccccc1Cl)[NH+]1CCN(S(=O)(=O)c2ccc3c(c2)OCCO3)CC1. The molecule has 2 aromatic carbocycles. The van der Waals surface area contributed by atoms with Gasteiger partial charge in [0.25, 0.3) is 0 Å². The molecule has 0 amide bonds. The number of rotatable bonds is 4. The molecule has 0 bridgehead atoms. The lowest BCUT2D eigenvalue weighted by Crippen LogP contribution is -3.14. The number of quaternary nitrogens is 1. The summed E-state index contributed by atoms with van der Waals surface area (Å²) in [6.07, 6.45) is 0. The summed E-state index contributed by atoms with van der Waals surface area (Å²) in [7, 11) is -3.56. The Bertz CT molecular complexity index is 958. The standard InChI is InChI=1S/C20H23ClN2O4S/c1-15(17-4-2-3-5-18(17)21)22-8-10-23(11-9-22)28(24,25)16-6-7-19-20(14-16)27-13-12-26-19/h2-7,14-15H,8-13H2,1H3/p+1/t15-/m0/s1. The predicted octanol–water partition coefficient (Wildman–Crippen LogP) is 1.76. The molecule has 6 nitrogen and oxygen atoms in total. The van der Waals surface area contributed by atoms with Gasteiger partial charge in [-0.15, -0.1) is 0 Å². The summed E-state index contributed by atoms with van der Waals surface area (Å²) in [4.78, 5) is 1.58. The van der Waals surface area contributed by atoms with Crippen LogP contribution in [0.3, 0.4) is 0 Å². The van der Waals surface area contributed by atoms with Crippen LogP contribution in [0.5, 0.6) is 11.5 Å². The second-order valence-electron chi connectivity index (χ2n) is 7.11. The number of piperazine rings is 1. The number of benzene rings is 2. The van der Waals surface area contributed by atoms with E-state index in [2.05, 4.69) is 6.92 Å². The molecule has 0 radical (unpaired) electrons. The predicted molar refractivity (Wildman–Crippen MR) is 107 cm³/mol. The molecular formula is C20H24ClN2O4S+. The van der Waals surface area contributed by atoms with E-state index in [1.807, 2.05) is 24.3 Å². The highest BCUT2D eigenvalue weighted by Crippen LogP contribution is 2.33. The van der Waals surface area contributed by atoms with Gasteiger partial charge < -0.3 is 14.4 Å². The number of nitrogens with one attached hydrogen (secondary N) is 1. The first-order valence-corrected chi connectivity index (χ1v) is 11.3. The van der Waals surface area contributed by atoms with E-state index in [9.17, 15) is 8.42 Å². The number of hydrogen-bond acceptors (Lipinski definition) is 4. The quantitative estimate of drug-likeness (QED) is 0.814. The zero-order chi connectivity index (χ0) is 19.7. The normalized spacial score (nSPS) is 19.4. The number of sulfonamides is 1. The molecule has 0 spiro atoms. The number of fused-ring (bicyclic) bond motifs is 1. The Balaban J connectivity index is 1.46. The van der Waals surface area contributed by atoms with Crippen molar-refractivity contribution in [3.05, 3.63) is 53.1 Å². The third-order valence-electron chi connectivity index (χ3n) is 5.50. The average Bonchev–Trinajstić information content (AvgIpc) is 2.73. The largest absolute Gasteiger partial charge is 0.486 e. The maximum Gasteiger partial charge on any atom is 0.243 e. The van der Waals surface area contributed by atoms with Crippen molar-refractivity contribution in [2.24, 2.45) is 0 Å². The Morgan fingerprint density at radius 1 is 1.04 bits per heavy atom. The van der Waals surface area contributed by atoms with Gasteiger partial charge in [0.2, 0.25) is 10.0 Å². The highest BCUT2D eigenvalue weighted by molar-refractivity contribution is 7.89. The molecule has 28 heavy (non-hydrogen) atoms. The van der Waals surface area contributed by atoms with Crippen LogP contribution >= 0.6 is 11.6 Å². The Hall–Kier alpha value is -1.80. The van der Waals surface area contributed by atoms with Gasteiger partial charge in [-0.2, -0.15) is 4.31 Å². The number of hydrogen-bond donors (Lipinski definition) is 1. The van der Waals surface area contributed by atoms with Crippen molar-refractivity contribution in [3.8, 4) is 11.5 Å². The van der Waals surface area contributed by atoms with E-state index in [0.717, 1.165) is 23.7 Å². The lowest BCUT2D eigenvalue weighted by Gasteiger charge is -2.35. The van der Waals surface area contributed by atoms with Crippen molar-refractivity contribution >= 4 is 21.6 Å². The summed E-state index contributed by atoms with van der Waals surface area (Å²) in [5.74, 6) is 1.08. The number of ether oxygens (including phenoxy) is 2. The minimum Gasteiger partial charge on any atom is -0.486 e. The van der Waals surface area contributed by atoms with Crippen molar-refractivity contribution < 1.29 is 22.8 Å². The smallest absolute Gasteiger partial charge is 0.243 e. The zero-order valence-electron chi connectivity index (χ0n) is 15.7. The van der Waals surface area contributed by atoms with E-state index in [4.69, 9.17) is 21.1 Å². The molecule has 2 aliphatic heterocycles. The molecule has 0 aliphatic carbocycles. The van der Waals surface area contributed by atoms with Crippen LogP contribution in [0.25, 0.3) is 0 Å². The van der Waals surface area contributed by atoms with Gasteiger partial charge >= 0.3 is 0 Å². The average molecular weight is 424 g/mol. The molecule has 1 fully saturated rings. The first-order valence-electron chi connectivity index (χ1n) is 9.45. The maximum atomic E-state index is 13.1. The first kappa shape index (κ1) is 19.5. The summed E-state index contributed by atoms with van der Waals surface area (Å²) in [5, 5.41) is 0.758. The summed E-state index contributed by atoms with van der Waals surface area (Å²) in [6.45, 7) is 5.46. The molecule has 0 saturated carbocycles. The van der Waals surface area contributed by atoms with Gasteiger partial charge in [0.1, 0.15) is 19.3 Å². The highest BCUT2D eigenvalue weighted by atomic mass is 35.5.